The molecule has 0 aromatic carbocycles. The third kappa shape index (κ3) is 3.08. The van der Waals surface area contributed by atoms with E-state index in [0.717, 1.165) is 37.6 Å². The Hall–Kier alpha value is -1.95. The predicted octanol–water partition coefficient (Wildman–Crippen LogP) is 1.22. The molecule has 0 saturated carbocycles. The van der Waals surface area contributed by atoms with E-state index in [1.807, 2.05) is 6.07 Å². The van der Waals surface area contributed by atoms with Gasteiger partial charge in [0, 0.05) is 31.5 Å². The van der Waals surface area contributed by atoms with Gasteiger partial charge in [-0.3, -0.25) is 0 Å². The molecule has 1 atom stereocenters. The maximum Gasteiger partial charge on any atom is 0.225 e. The van der Waals surface area contributed by atoms with Gasteiger partial charge in [0.05, 0.1) is 12.7 Å². The number of hydrogen-bond donors (Lipinski definition) is 1. The molecular formula is C13H17N5O. The van der Waals surface area contributed by atoms with Crippen molar-refractivity contribution in [1.82, 2.24) is 20.3 Å². The first-order valence-corrected chi connectivity index (χ1v) is 6.54. The fourth-order valence-corrected chi connectivity index (χ4v) is 2.35. The smallest absolute Gasteiger partial charge is 0.225 e. The Bertz CT molecular complexity index is 487. The summed E-state index contributed by atoms with van der Waals surface area (Å²) in [5.41, 5.74) is 0. The standard InChI is InChI=1S/C13H17N5O/c1-3-11(17-8-12-7-14-10-19-12)9-18(6-1)13-15-4-2-5-16-13/h2,4-5,7,10-11,17H,1,3,6,8-9H2. The molecule has 100 valence electrons. The van der Waals surface area contributed by atoms with Crippen molar-refractivity contribution in [2.45, 2.75) is 25.4 Å². The second kappa shape index (κ2) is 5.79. The van der Waals surface area contributed by atoms with E-state index in [-0.39, 0.29) is 0 Å². The van der Waals surface area contributed by atoms with Crippen LogP contribution in [0, 0.1) is 0 Å². The third-order valence-electron chi connectivity index (χ3n) is 3.30. The van der Waals surface area contributed by atoms with Crippen LogP contribution in [0.1, 0.15) is 18.6 Å². The first kappa shape index (κ1) is 12.1. The van der Waals surface area contributed by atoms with Gasteiger partial charge in [0.15, 0.2) is 6.39 Å². The molecule has 19 heavy (non-hydrogen) atoms. The number of oxazole rings is 1. The minimum absolute atomic E-state index is 0.433. The number of anilines is 1. The van der Waals surface area contributed by atoms with E-state index >= 15 is 0 Å². The van der Waals surface area contributed by atoms with Crippen LogP contribution in [-0.2, 0) is 6.54 Å². The monoisotopic (exact) mass is 259 g/mol. The molecule has 1 saturated heterocycles. The average Bonchev–Trinajstić information content (AvgIpc) is 3.00. The van der Waals surface area contributed by atoms with Crippen LogP contribution in [0.4, 0.5) is 5.95 Å². The second-order valence-corrected chi connectivity index (χ2v) is 4.68. The number of nitrogens with one attached hydrogen (secondary N) is 1. The van der Waals surface area contributed by atoms with Crippen LogP contribution in [0.25, 0.3) is 0 Å². The quantitative estimate of drug-likeness (QED) is 0.890. The van der Waals surface area contributed by atoms with Crippen molar-refractivity contribution >= 4 is 5.95 Å². The molecule has 2 aromatic rings. The zero-order valence-electron chi connectivity index (χ0n) is 10.7. The molecule has 0 spiro atoms. The van der Waals surface area contributed by atoms with E-state index < -0.39 is 0 Å². The summed E-state index contributed by atoms with van der Waals surface area (Å²) in [5.74, 6) is 1.68. The highest BCUT2D eigenvalue weighted by molar-refractivity contribution is 5.29. The summed E-state index contributed by atoms with van der Waals surface area (Å²) in [7, 11) is 0. The molecule has 6 heteroatoms. The van der Waals surface area contributed by atoms with Gasteiger partial charge in [-0.25, -0.2) is 15.0 Å². The third-order valence-corrected chi connectivity index (χ3v) is 3.30. The lowest BCUT2D eigenvalue weighted by Crippen LogP contribution is -2.46. The van der Waals surface area contributed by atoms with Crippen molar-refractivity contribution in [2.75, 3.05) is 18.0 Å². The van der Waals surface area contributed by atoms with Gasteiger partial charge in [0.1, 0.15) is 5.76 Å². The molecule has 1 N–H and O–H groups in total. The first-order chi connectivity index (χ1) is 9.42. The van der Waals surface area contributed by atoms with Gasteiger partial charge < -0.3 is 14.6 Å². The van der Waals surface area contributed by atoms with Crippen molar-refractivity contribution in [3.8, 4) is 0 Å². The summed E-state index contributed by atoms with van der Waals surface area (Å²) in [5, 5.41) is 3.49. The highest BCUT2D eigenvalue weighted by Crippen LogP contribution is 2.15. The Balaban J connectivity index is 1.56. The summed E-state index contributed by atoms with van der Waals surface area (Å²) in [6, 6.07) is 2.27. The largest absolute Gasteiger partial charge is 0.447 e. The summed E-state index contributed by atoms with van der Waals surface area (Å²) in [6.45, 7) is 2.66. The van der Waals surface area contributed by atoms with Crippen LogP contribution < -0.4 is 10.2 Å². The highest BCUT2D eigenvalue weighted by Gasteiger charge is 2.21. The molecule has 0 aliphatic carbocycles. The fourth-order valence-electron chi connectivity index (χ4n) is 2.35. The van der Waals surface area contributed by atoms with Crippen LogP contribution >= 0.6 is 0 Å². The van der Waals surface area contributed by atoms with E-state index in [1.54, 1.807) is 18.6 Å². The molecule has 6 nitrogen and oxygen atoms in total. The maximum atomic E-state index is 5.22. The Morgan fingerprint density at radius 1 is 1.37 bits per heavy atom. The molecule has 3 heterocycles. The molecule has 3 rings (SSSR count). The van der Waals surface area contributed by atoms with Gasteiger partial charge in [0.2, 0.25) is 5.95 Å². The van der Waals surface area contributed by atoms with Crippen LogP contribution in [0.15, 0.2) is 35.5 Å². The van der Waals surface area contributed by atoms with Gasteiger partial charge in [-0.05, 0) is 18.9 Å². The van der Waals surface area contributed by atoms with Gasteiger partial charge in [0.25, 0.3) is 0 Å². The average molecular weight is 259 g/mol. The Kier molecular flexibility index (Phi) is 3.69. The maximum absolute atomic E-state index is 5.22. The Labute approximate surface area is 111 Å². The van der Waals surface area contributed by atoms with Crippen LogP contribution in [0.3, 0.4) is 0 Å². The number of nitrogens with zero attached hydrogens (tertiary/aromatic N) is 4. The minimum atomic E-state index is 0.433. The van der Waals surface area contributed by atoms with E-state index in [2.05, 4.69) is 25.2 Å². The lowest BCUT2D eigenvalue weighted by Gasteiger charge is -2.33. The molecule has 1 aliphatic heterocycles. The van der Waals surface area contributed by atoms with Crippen LogP contribution in [0.5, 0.6) is 0 Å². The summed E-state index contributed by atoms with van der Waals surface area (Å²) < 4.78 is 5.22. The van der Waals surface area contributed by atoms with E-state index in [9.17, 15) is 0 Å². The first-order valence-electron chi connectivity index (χ1n) is 6.54. The Morgan fingerprint density at radius 2 is 2.26 bits per heavy atom. The molecule has 0 bridgehead atoms. The summed E-state index contributed by atoms with van der Waals surface area (Å²) >= 11 is 0. The lowest BCUT2D eigenvalue weighted by molar-refractivity contribution is 0.392. The van der Waals surface area contributed by atoms with Crippen molar-refractivity contribution in [2.24, 2.45) is 0 Å². The zero-order valence-corrected chi connectivity index (χ0v) is 10.7. The topological polar surface area (TPSA) is 67.1 Å². The van der Waals surface area contributed by atoms with Gasteiger partial charge in [-0.15, -0.1) is 0 Å². The van der Waals surface area contributed by atoms with Crippen molar-refractivity contribution in [1.29, 1.82) is 0 Å². The molecule has 1 fully saturated rings. The zero-order chi connectivity index (χ0) is 12.9. The van der Waals surface area contributed by atoms with E-state index in [1.165, 1.54) is 6.39 Å². The molecule has 0 amide bonds. The fraction of sp³-hybridized carbons (Fsp3) is 0.462. The van der Waals surface area contributed by atoms with Crippen LogP contribution in [-0.4, -0.2) is 34.1 Å². The molecule has 0 radical (unpaired) electrons. The van der Waals surface area contributed by atoms with Crippen molar-refractivity contribution in [3.63, 3.8) is 0 Å². The number of aromatic nitrogens is 3. The lowest BCUT2D eigenvalue weighted by atomic mass is 10.1. The molecule has 1 unspecified atom stereocenters. The van der Waals surface area contributed by atoms with E-state index in [0.29, 0.717) is 12.6 Å². The van der Waals surface area contributed by atoms with Crippen LogP contribution in [0.2, 0.25) is 0 Å². The van der Waals surface area contributed by atoms with Gasteiger partial charge >= 0.3 is 0 Å². The van der Waals surface area contributed by atoms with E-state index in [4.69, 9.17) is 4.42 Å². The molecular weight excluding hydrogens is 242 g/mol. The van der Waals surface area contributed by atoms with Gasteiger partial charge in [-0.2, -0.15) is 0 Å². The molecule has 2 aromatic heterocycles. The number of piperidine rings is 1. The highest BCUT2D eigenvalue weighted by atomic mass is 16.3. The predicted molar refractivity (Wildman–Crippen MR) is 70.6 cm³/mol. The van der Waals surface area contributed by atoms with Crippen molar-refractivity contribution in [3.05, 3.63) is 36.8 Å². The van der Waals surface area contributed by atoms with Crippen molar-refractivity contribution < 1.29 is 4.42 Å². The second-order valence-electron chi connectivity index (χ2n) is 4.68. The molecule has 1 aliphatic rings. The van der Waals surface area contributed by atoms with Gasteiger partial charge in [-0.1, -0.05) is 0 Å². The Morgan fingerprint density at radius 3 is 3.05 bits per heavy atom. The summed E-state index contributed by atoms with van der Waals surface area (Å²) in [4.78, 5) is 14.7. The minimum Gasteiger partial charge on any atom is -0.447 e. The number of hydrogen-bond acceptors (Lipinski definition) is 6. The number of rotatable bonds is 4. The summed E-state index contributed by atoms with van der Waals surface area (Å²) in [6.07, 6.45) is 9.08. The SMILES string of the molecule is c1cnc(N2CCCC(NCc3cnco3)C2)nc1. The normalized spacial score (nSPS) is 19.6.